The Kier molecular flexibility index (Phi) is 1.89. The van der Waals surface area contributed by atoms with Gasteiger partial charge in [0.15, 0.2) is 6.29 Å². The van der Waals surface area contributed by atoms with Gasteiger partial charge in [0.05, 0.1) is 0 Å². The number of carbonyl (C=O) groups excluding carboxylic acids is 1. The molecule has 0 atom stereocenters. The van der Waals surface area contributed by atoms with Gasteiger partial charge in [-0.3, -0.25) is 4.79 Å². The molecule has 0 aromatic carbocycles. The fraction of sp³-hybridized carbons (Fsp3) is 0. The molecule has 0 radical (unpaired) electrons. The molecule has 1 aromatic heterocycles. The van der Waals surface area contributed by atoms with Crippen LogP contribution in [0.2, 0.25) is 0 Å². The van der Waals surface area contributed by atoms with Gasteiger partial charge < -0.3 is 0 Å². The largest absolute Gasteiger partial charge is 0.296 e. The van der Waals surface area contributed by atoms with E-state index in [2.05, 4.69) is 25.9 Å². The Balaban J connectivity index is 3.07. The highest BCUT2D eigenvalue weighted by atomic mass is 79.9. The minimum atomic E-state index is 0.386. The van der Waals surface area contributed by atoms with Gasteiger partial charge in [-0.05, 0) is 15.9 Å². The lowest BCUT2D eigenvalue weighted by Crippen LogP contribution is -1.86. The highest BCUT2D eigenvalue weighted by molar-refractivity contribution is 9.10. The van der Waals surface area contributed by atoms with E-state index < -0.39 is 0 Å². The molecule has 1 rings (SSSR count). The summed E-state index contributed by atoms with van der Waals surface area (Å²) in [5, 5.41) is 0. The highest BCUT2D eigenvalue weighted by Gasteiger charge is 1.90. The molecule has 0 saturated carbocycles. The van der Waals surface area contributed by atoms with Crippen LogP contribution < -0.4 is 0 Å². The van der Waals surface area contributed by atoms with Gasteiger partial charge >= 0.3 is 0 Å². The average molecular weight is 187 g/mol. The molecular weight excluding hydrogens is 184 g/mol. The molecular formula is C5H3BrN2O. The van der Waals surface area contributed by atoms with E-state index in [0.29, 0.717) is 16.6 Å². The number of hydrogen-bond donors (Lipinski definition) is 0. The van der Waals surface area contributed by atoms with Crippen LogP contribution in [0.5, 0.6) is 0 Å². The first-order chi connectivity index (χ1) is 4.33. The lowest BCUT2D eigenvalue weighted by molar-refractivity contribution is 0.111. The summed E-state index contributed by atoms with van der Waals surface area (Å²) in [6.07, 6.45) is 2.00. The smallest absolute Gasteiger partial charge is 0.168 e. The van der Waals surface area contributed by atoms with E-state index in [1.807, 2.05) is 0 Å². The second-order valence-electron chi connectivity index (χ2n) is 1.38. The van der Waals surface area contributed by atoms with Gasteiger partial charge in [-0.1, -0.05) is 0 Å². The molecule has 0 aliphatic heterocycles. The third-order valence-electron chi connectivity index (χ3n) is 0.776. The van der Waals surface area contributed by atoms with Crippen LogP contribution >= 0.6 is 15.9 Å². The number of carbonyl (C=O) groups is 1. The molecule has 0 aliphatic rings. The van der Waals surface area contributed by atoms with Crippen LogP contribution in [0.3, 0.4) is 0 Å². The molecule has 1 heterocycles. The van der Waals surface area contributed by atoms with E-state index in [9.17, 15) is 4.79 Å². The maximum Gasteiger partial charge on any atom is 0.168 e. The minimum Gasteiger partial charge on any atom is -0.296 e. The van der Waals surface area contributed by atoms with Crippen LogP contribution in [0, 0.1) is 0 Å². The van der Waals surface area contributed by atoms with Crippen molar-refractivity contribution in [2.45, 2.75) is 0 Å². The summed E-state index contributed by atoms with van der Waals surface area (Å²) in [5.74, 6) is 0. The number of nitrogens with zero attached hydrogens (tertiary/aromatic N) is 2. The van der Waals surface area contributed by atoms with Crippen LogP contribution in [-0.4, -0.2) is 16.3 Å². The van der Waals surface area contributed by atoms with E-state index in [-0.39, 0.29) is 0 Å². The van der Waals surface area contributed by atoms with Crippen molar-refractivity contribution in [3.05, 3.63) is 22.7 Å². The van der Waals surface area contributed by atoms with Gasteiger partial charge in [0.1, 0.15) is 16.6 Å². The second kappa shape index (κ2) is 2.68. The summed E-state index contributed by atoms with van der Waals surface area (Å²) < 4.78 is 0.625. The molecule has 0 spiro atoms. The van der Waals surface area contributed by atoms with Crippen molar-refractivity contribution >= 4 is 22.2 Å². The van der Waals surface area contributed by atoms with E-state index in [4.69, 9.17) is 0 Å². The van der Waals surface area contributed by atoms with E-state index >= 15 is 0 Å². The fourth-order valence-corrected chi connectivity index (χ4v) is 0.738. The summed E-state index contributed by atoms with van der Waals surface area (Å²) >= 11 is 3.09. The van der Waals surface area contributed by atoms with E-state index in [1.54, 1.807) is 6.07 Å². The molecule has 1 aromatic rings. The zero-order chi connectivity index (χ0) is 6.69. The zero-order valence-corrected chi connectivity index (χ0v) is 6.00. The van der Waals surface area contributed by atoms with Crippen LogP contribution in [-0.2, 0) is 0 Å². The van der Waals surface area contributed by atoms with Gasteiger partial charge in [0.2, 0.25) is 0 Å². The normalized spacial score (nSPS) is 9.00. The average Bonchev–Trinajstić information content (AvgIpc) is 1.88. The number of aldehydes is 1. The molecule has 0 saturated heterocycles. The predicted molar refractivity (Wildman–Crippen MR) is 35.1 cm³/mol. The minimum absolute atomic E-state index is 0.386. The van der Waals surface area contributed by atoms with Crippen LogP contribution in [0.15, 0.2) is 17.0 Å². The molecule has 0 unspecified atom stereocenters. The Bertz CT molecular complexity index is 226. The van der Waals surface area contributed by atoms with Gasteiger partial charge in [0.25, 0.3) is 0 Å². The summed E-state index contributed by atoms with van der Waals surface area (Å²) in [6, 6.07) is 1.55. The Labute approximate surface area is 60.3 Å². The van der Waals surface area contributed by atoms with Gasteiger partial charge in [-0.25, -0.2) is 9.97 Å². The molecule has 4 heteroatoms. The maximum atomic E-state index is 10.0. The molecule has 0 N–H and O–H groups in total. The molecule has 0 aliphatic carbocycles. The number of aromatic nitrogens is 2. The van der Waals surface area contributed by atoms with Crippen molar-refractivity contribution in [1.29, 1.82) is 0 Å². The molecule has 9 heavy (non-hydrogen) atoms. The van der Waals surface area contributed by atoms with Crippen molar-refractivity contribution in [2.24, 2.45) is 0 Å². The Hall–Kier alpha value is -0.770. The van der Waals surface area contributed by atoms with Crippen molar-refractivity contribution in [1.82, 2.24) is 9.97 Å². The number of halogens is 1. The summed E-state index contributed by atoms with van der Waals surface area (Å²) in [6.45, 7) is 0. The fourth-order valence-electron chi connectivity index (χ4n) is 0.412. The zero-order valence-electron chi connectivity index (χ0n) is 4.41. The summed E-state index contributed by atoms with van der Waals surface area (Å²) in [7, 11) is 0. The van der Waals surface area contributed by atoms with Crippen molar-refractivity contribution in [3.63, 3.8) is 0 Å². The van der Waals surface area contributed by atoms with Crippen molar-refractivity contribution in [2.75, 3.05) is 0 Å². The molecule has 0 amide bonds. The lowest BCUT2D eigenvalue weighted by Gasteiger charge is -1.86. The first-order valence-electron chi connectivity index (χ1n) is 2.25. The Morgan fingerprint density at radius 2 is 2.33 bits per heavy atom. The van der Waals surface area contributed by atoms with Gasteiger partial charge in [-0.2, -0.15) is 0 Å². The summed E-state index contributed by atoms with van der Waals surface area (Å²) in [5.41, 5.74) is 0.386. The standard InChI is InChI=1S/C5H3BrN2O/c6-5-1-4(2-9)7-3-8-5/h1-3H. The SMILES string of the molecule is O=Cc1cc(Br)ncn1. The first kappa shape index (κ1) is 6.35. The molecule has 0 fully saturated rings. The van der Waals surface area contributed by atoms with Crippen LogP contribution in [0.1, 0.15) is 10.5 Å². The first-order valence-corrected chi connectivity index (χ1v) is 3.05. The second-order valence-corrected chi connectivity index (χ2v) is 2.20. The monoisotopic (exact) mass is 186 g/mol. The van der Waals surface area contributed by atoms with Crippen LogP contribution in [0.4, 0.5) is 0 Å². The Morgan fingerprint density at radius 1 is 1.56 bits per heavy atom. The van der Waals surface area contributed by atoms with Crippen molar-refractivity contribution < 1.29 is 4.79 Å². The highest BCUT2D eigenvalue weighted by Crippen LogP contribution is 2.02. The predicted octanol–water partition coefficient (Wildman–Crippen LogP) is 1.05. The third kappa shape index (κ3) is 1.57. The lowest BCUT2D eigenvalue weighted by atomic mass is 10.5. The van der Waals surface area contributed by atoms with E-state index in [1.165, 1.54) is 6.33 Å². The quantitative estimate of drug-likeness (QED) is 0.487. The molecule has 46 valence electrons. The Morgan fingerprint density at radius 3 is 2.78 bits per heavy atom. The van der Waals surface area contributed by atoms with Crippen LogP contribution in [0.25, 0.3) is 0 Å². The van der Waals surface area contributed by atoms with Crippen molar-refractivity contribution in [3.8, 4) is 0 Å². The number of rotatable bonds is 1. The topological polar surface area (TPSA) is 42.9 Å². The van der Waals surface area contributed by atoms with Gasteiger partial charge in [-0.15, -0.1) is 0 Å². The third-order valence-corrected chi connectivity index (χ3v) is 1.21. The maximum absolute atomic E-state index is 10.0. The molecule has 0 bridgehead atoms. The van der Waals surface area contributed by atoms with E-state index in [0.717, 1.165) is 0 Å². The van der Waals surface area contributed by atoms with Gasteiger partial charge in [0, 0.05) is 6.07 Å². The molecule has 3 nitrogen and oxygen atoms in total. The number of hydrogen-bond acceptors (Lipinski definition) is 3. The summed E-state index contributed by atoms with van der Waals surface area (Å²) in [4.78, 5) is 17.4.